The Kier molecular flexibility index (Phi) is 4.99. The summed E-state index contributed by atoms with van der Waals surface area (Å²) in [6.07, 6.45) is 2.22. The minimum Gasteiger partial charge on any atom is -0.466 e. The largest absolute Gasteiger partial charge is 0.466 e. The normalized spacial score (nSPS) is 10.1. The van der Waals surface area contributed by atoms with Crippen molar-refractivity contribution in [1.82, 2.24) is 0 Å². The Morgan fingerprint density at radius 1 is 1.53 bits per heavy atom. The standard InChI is InChI=1S/C11H13ClO2S/c1-3-14-11(13)6-8-4-5-9(15-2)7-10(8)12/h4-5,7H,3,6H2,1-2H3. The quantitative estimate of drug-likeness (QED) is 0.601. The maximum Gasteiger partial charge on any atom is 0.310 e. The molecule has 0 unspecified atom stereocenters. The minimum atomic E-state index is -0.240. The van der Waals surface area contributed by atoms with Crippen molar-refractivity contribution < 1.29 is 9.53 Å². The second-order valence-electron chi connectivity index (χ2n) is 2.94. The van der Waals surface area contributed by atoms with Crippen molar-refractivity contribution in [2.75, 3.05) is 12.9 Å². The van der Waals surface area contributed by atoms with E-state index < -0.39 is 0 Å². The van der Waals surface area contributed by atoms with Crippen LogP contribution in [0.25, 0.3) is 0 Å². The molecule has 1 aromatic carbocycles. The molecule has 0 saturated carbocycles. The van der Waals surface area contributed by atoms with E-state index in [4.69, 9.17) is 16.3 Å². The van der Waals surface area contributed by atoms with Gasteiger partial charge in [0.15, 0.2) is 0 Å². The summed E-state index contributed by atoms with van der Waals surface area (Å²) in [4.78, 5) is 12.3. The van der Waals surface area contributed by atoms with E-state index in [0.29, 0.717) is 11.6 Å². The summed E-state index contributed by atoms with van der Waals surface area (Å²) in [5.41, 5.74) is 0.813. The average molecular weight is 245 g/mol. The highest BCUT2D eigenvalue weighted by molar-refractivity contribution is 7.98. The Hall–Kier alpha value is -0.670. The predicted molar refractivity (Wildman–Crippen MR) is 63.6 cm³/mol. The molecule has 15 heavy (non-hydrogen) atoms. The molecular weight excluding hydrogens is 232 g/mol. The number of hydrogen-bond acceptors (Lipinski definition) is 3. The molecular formula is C11H13ClO2S. The van der Waals surface area contributed by atoms with E-state index >= 15 is 0 Å². The smallest absolute Gasteiger partial charge is 0.310 e. The lowest BCUT2D eigenvalue weighted by Crippen LogP contribution is -2.07. The van der Waals surface area contributed by atoms with Crippen LogP contribution in [0.2, 0.25) is 5.02 Å². The summed E-state index contributed by atoms with van der Waals surface area (Å²) in [5.74, 6) is -0.240. The average Bonchev–Trinajstić information content (AvgIpc) is 2.21. The van der Waals surface area contributed by atoms with E-state index in [-0.39, 0.29) is 12.4 Å². The zero-order valence-corrected chi connectivity index (χ0v) is 10.3. The van der Waals surface area contributed by atoms with Crippen molar-refractivity contribution >= 4 is 29.3 Å². The Morgan fingerprint density at radius 3 is 2.80 bits per heavy atom. The van der Waals surface area contributed by atoms with Gasteiger partial charge in [-0.15, -0.1) is 11.8 Å². The van der Waals surface area contributed by atoms with Gasteiger partial charge in [-0.3, -0.25) is 4.79 Å². The number of benzene rings is 1. The Morgan fingerprint density at radius 2 is 2.27 bits per heavy atom. The van der Waals surface area contributed by atoms with Crippen LogP contribution in [0.4, 0.5) is 0 Å². The van der Waals surface area contributed by atoms with Crippen LogP contribution in [0.15, 0.2) is 23.1 Å². The summed E-state index contributed by atoms with van der Waals surface area (Å²) >= 11 is 7.65. The minimum absolute atomic E-state index is 0.237. The first kappa shape index (κ1) is 12.4. The molecule has 0 bridgehead atoms. The molecule has 0 radical (unpaired) electrons. The number of esters is 1. The number of halogens is 1. The number of thioether (sulfide) groups is 1. The van der Waals surface area contributed by atoms with Crippen LogP contribution in [0.5, 0.6) is 0 Å². The topological polar surface area (TPSA) is 26.3 Å². The van der Waals surface area contributed by atoms with E-state index in [9.17, 15) is 4.79 Å². The van der Waals surface area contributed by atoms with Gasteiger partial charge < -0.3 is 4.74 Å². The Bertz CT molecular complexity index is 352. The Balaban J connectivity index is 2.73. The lowest BCUT2D eigenvalue weighted by molar-refractivity contribution is -0.142. The van der Waals surface area contributed by atoms with Crippen molar-refractivity contribution in [3.05, 3.63) is 28.8 Å². The molecule has 0 spiro atoms. The van der Waals surface area contributed by atoms with Crippen molar-refractivity contribution in [3.63, 3.8) is 0 Å². The monoisotopic (exact) mass is 244 g/mol. The van der Waals surface area contributed by atoms with Gasteiger partial charge in [0.1, 0.15) is 0 Å². The van der Waals surface area contributed by atoms with E-state index in [1.54, 1.807) is 18.7 Å². The van der Waals surface area contributed by atoms with Crippen molar-refractivity contribution in [1.29, 1.82) is 0 Å². The fraction of sp³-hybridized carbons (Fsp3) is 0.364. The zero-order valence-electron chi connectivity index (χ0n) is 8.75. The molecule has 0 aliphatic heterocycles. The highest BCUT2D eigenvalue weighted by Gasteiger charge is 2.07. The summed E-state index contributed by atoms with van der Waals surface area (Å²) in [5, 5.41) is 0.620. The lowest BCUT2D eigenvalue weighted by atomic mass is 10.1. The molecule has 0 aliphatic rings. The number of hydrogen-bond donors (Lipinski definition) is 0. The molecule has 1 rings (SSSR count). The third-order valence-electron chi connectivity index (χ3n) is 1.90. The van der Waals surface area contributed by atoms with Crippen molar-refractivity contribution in [2.45, 2.75) is 18.2 Å². The van der Waals surface area contributed by atoms with E-state index in [0.717, 1.165) is 10.5 Å². The zero-order chi connectivity index (χ0) is 11.3. The van der Waals surface area contributed by atoms with E-state index in [1.807, 2.05) is 24.5 Å². The first-order valence-electron chi connectivity index (χ1n) is 4.65. The van der Waals surface area contributed by atoms with Crippen LogP contribution in [-0.4, -0.2) is 18.8 Å². The van der Waals surface area contributed by atoms with Gasteiger partial charge in [0.25, 0.3) is 0 Å². The summed E-state index contributed by atoms with van der Waals surface area (Å²) in [7, 11) is 0. The van der Waals surface area contributed by atoms with E-state index in [1.165, 1.54) is 0 Å². The summed E-state index contributed by atoms with van der Waals surface area (Å²) in [6.45, 7) is 2.19. The SMILES string of the molecule is CCOC(=O)Cc1ccc(SC)cc1Cl. The number of carbonyl (C=O) groups excluding carboxylic acids is 1. The third kappa shape index (κ3) is 3.76. The van der Waals surface area contributed by atoms with Crippen LogP contribution in [0, 0.1) is 0 Å². The van der Waals surface area contributed by atoms with E-state index in [2.05, 4.69) is 0 Å². The molecule has 82 valence electrons. The molecule has 2 nitrogen and oxygen atoms in total. The lowest BCUT2D eigenvalue weighted by Gasteiger charge is -2.05. The van der Waals surface area contributed by atoms with Crippen LogP contribution in [-0.2, 0) is 16.0 Å². The van der Waals surface area contributed by atoms with Crippen molar-refractivity contribution in [2.24, 2.45) is 0 Å². The van der Waals surface area contributed by atoms with Crippen LogP contribution in [0.3, 0.4) is 0 Å². The molecule has 0 heterocycles. The molecule has 0 N–H and O–H groups in total. The van der Waals surface area contributed by atoms with Crippen LogP contribution >= 0.6 is 23.4 Å². The second kappa shape index (κ2) is 6.03. The Labute approximate surface area is 99.0 Å². The fourth-order valence-electron chi connectivity index (χ4n) is 1.17. The maximum absolute atomic E-state index is 11.2. The van der Waals surface area contributed by atoms with Gasteiger partial charge in [0, 0.05) is 9.92 Å². The molecule has 0 aliphatic carbocycles. The van der Waals surface area contributed by atoms with Crippen LogP contribution < -0.4 is 0 Å². The summed E-state index contributed by atoms with van der Waals surface area (Å²) in [6, 6.07) is 5.68. The summed E-state index contributed by atoms with van der Waals surface area (Å²) < 4.78 is 4.85. The third-order valence-corrected chi connectivity index (χ3v) is 2.98. The van der Waals surface area contributed by atoms with Gasteiger partial charge in [-0.2, -0.15) is 0 Å². The van der Waals surface area contributed by atoms with Gasteiger partial charge in [-0.05, 0) is 30.9 Å². The second-order valence-corrected chi connectivity index (χ2v) is 4.23. The fourth-order valence-corrected chi connectivity index (χ4v) is 1.92. The maximum atomic E-state index is 11.2. The van der Waals surface area contributed by atoms with Gasteiger partial charge in [0.05, 0.1) is 13.0 Å². The number of carbonyl (C=O) groups is 1. The molecule has 0 fully saturated rings. The highest BCUT2D eigenvalue weighted by atomic mass is 35.5. The molecule has 0 aromatic heterocycles. The molecule has 1 aromatic rings. The highest BCUT2D eigenvalue weighted by Crippen LogP contribution is 2.23. The predicted octanol–water partition coefficient (Wildman–Crippen LogP) is 3.17. The molecule has 4 heteroatoms. The van der Waals surface area contributed by atoms with Gasteiger partial charge in [-0.1, -0.05) is 17.7 Å². The van der Waals surface area contributed by atoms with Crippen LogP contribution in [0.1, 0.15) is 12.5 Å². The van der Waals surface area contributed by atoms with Crippen molar-refractivity contribution in [3.8, 4) is 0 Å². The molecule has 0 saturated heterocycles. The molecule has 0 atom stereocenters. The first-order valence-corrected chi connectivity index (χ1v) is 6.25. The van der Waals surface area contributed by atoms with Gasteiger partial charge in [0.2, 0.25) is 0 Å². The van der Waals surface area contributed by atoms with Gasteiger partial charge in [-0.25, -0.2) is 0 Å². The molecule has 0 amide bonds. The number of rotatable bonds is 4. The first-order chi connectivity index (χ1) is 7.17. The number of ether oxygens (including phenoxy) is 1. The van der Waals surface area contributed by atoms with Gasteiger partial charge >= 0.3 is 5.97 Å².